The van der Waals surface area contributed by atoms with Crippen LogP contribution in [0.2, 0.25) is 11.1 Å². The molecular formula is C30H37F3N4O5SSi. The molecule has 1 N–H and O–H groups in total. The van der Waals surface area contributed by atoms with Crippen LogP contribution < -0.4 is 14.8 Å². The van der Waals surface area contributed by atoms with Crippen molar-refractivity contribution in [3.05, 3.63) is 60.3 Å². The minimum absolute atomic E-state index is 0.0435. The maximum atomic E-state index is 13.7. The molecule has 1 saturated heterocycles. The second kappa shape index (κ2) is 11.6. The molecule has 1 saturated carbocycles. The quantitative estimate of drug-likeness (QED) is 0.273. The molecule has 0 bridgehead atoms. The van der Waals surface area contributed by atoms with Gasteiger partial charge in [-0.05, 0) is 73.9 Å². The van der Waals surface area contributed by atoms with Gasteiger partial charge in [-0.2, -0.15) is 13.2 Å². The van der Waals surface area contributed by atoms with E-state index >= 15 is 0 Å². The van der Waals surface area contributed by atoms with Gasteiger partial charge in [-0.25, -0.2) is 22.8 Å². The minimum atomic E-state index is -4.25. The lowest BCUT2D eigenvalue weighted by Crippen LogP contribution is -2.59. The number of aromatic nitrogens is 3. The first-order valence-electron chi connectivity index (χ1n) is 14.7. The molecule has 2 unspecified atom stereocenters. The van der Waals surface area contributed by atoms with Gasteiger partial charge in [0.1, 0.15) is 0 Å². The van der Waals surface area contributed by atoms with Crippen molar-refractivity contribution in [3.8, 4) is 11.7 Å². The summed E-state index contributed by atoms with van der Waals surface area (Å²) >= 11 is 0. The Morgan fingerprint density at radius 1 is 1.14 bits per heavy atom. The summed E-state index contributed by atoms with van der Waals surface area (Å²) in [4.78, 5) is 18.6. The number of amides is 1. The maximum Gasteiger partial charge on any atom is 0.394 e. The molecule has 1 amide bonds. The highest BCUT2D eigenvalue weighted by Gasteiger charge is 2.62. The molecule has 238 valence electrons. The van der Waals surface area contributed by atoms with Gasteiger partial charge in [0.2, 0.25) is 14.2 Å². The van der Waals surface area contributed by atoms with Crippen molar-refractivity contribution in [1.82, 2.24) is 19.5 Å². The Bertz CT molecular complexity index is 1630. The first-order valence-corrected chi connectivity index (χ1v) is 18.3. The number of rotatable bonds is 11. The van der Waals surface area contributed by atoms with Gasteiger partial charge in [0.25, 0.3) is 15.9 Å². The molecule has 2 aromatic heterocycles. The molecule has 2 atom stereocenters. The second-order valence-electron chi connectivity index (χ2n) is 12.4. The highest BCUT2D eigenvalue weighted by Crippen LogP contribution is 2.60. The van der Waals surface area contributed by atoms with E-state index in [1.54, 1.807) is 36.5 Å². The third kappa shape index (κ3) is 6.03. The van der Waals surface area contributed by atoms with Crippen molar-refractivity contribution in [2.45, 2.75) is 75.5 Å². The Balaban J connectivity index is 1.49. The van der Waals surface area contributed by atoms with E-state index in [2.05, 4.69) is 30.6 Å². The van der Waals surface area contributed by atoms with Gasteiger partial charge in [0, 0.05) is 18.9 Å². The van der Waals surface area contributed by atoms with Crippen LogP contribution in [-0.2, 0) is 14.4 Å². The third-order valence-corrected chi connectivity index (χ3v) is 15.8. The largest absolute Gasteiger partial charge is 0.477 e. The number of nitrogens with one attached hydrogen (secondary N) is 1. The molecular weight excluding hydrogens is 614 g/mol. The molecule has 2 fully saturated rings. The molecule has 3 aromatic rings. The van der Waals surface area contributed by atoms with Crippen molar-refractivity contribution in [2.24, 2.45) is 11.3 Å². The first-order chi connectivity index (χ1) is 20.6. The highest BCUT2D eigenvalue weighted by atomic mass is 32.2. The zero-order valence-electron chi connectivity index (χ0n) is 25.1. The molecule has 0 radical (unpaired) electrons. The first kappa shape index (κ1) is 32.2. The van der Waals surface area contributed by atoms with Gasteiger partial charge in [0.05, 0.1) is 27.8 Å². The number of sulfonamides is 1. The number of carbonyl (C=O) groups is 1. The van der Waals surface area contributed by atoms with E-state index in [0.29, 0.717) is 23.8 Å². The predicted molar refractivity (Wildman–Crippen MR) is 160 cm³/mol. The van der Waals surface area contributed by atoms with Crippen LogP contribution in [0.1, 0.15) is 63.7 Å². The normalized spacial score (nSPS) is 22.5. The lowest BCUT2D eigenvalue weighted by molar-refractivity contribution is -0.190. The summed E-state index contributed by atoms with van der Waals surface area (Å²) in [5.74, 6) is -0.0383. The fourth-order valence-corrected chi connectivity index (χ4v) is 12.7. The highest BCUT2D eigenvalue weighted by molar-refractivity contribution is 7.90. The van der Waals surface area contributed by atoms with Crippen LogP contribution in [0.5, 0.6) is 5.88 Å². The lowest BCUT2D eigenvalue weighted by Gasteiger charge is -2.39. The molecule has 1 aliphatic heterocycles. The summed E-state index contributed by atoms with van der Waals surface area (Å²) in [5, 5.41) is 4.46. The Morgan fingerprint density at radius 3 is 2.43 bits per heavy atom. The maximum absolute atomic E-state index is 13.7. The topological polar surface area (TPSA) is 112 Å². The van der Waals surface area contributed by atoms with Crippen molar-refractivity contribution < 1.29 is 35.5 Å². The summed E-state index contributed by atoms with van der Waals surface area (Å²) in [6, 6.07) is 12.9. The second-order valence-corrected chi connectivity index (χ2v) is 18.3. The van der Waals surface area contributed by atoms with E-state index in [4.69, 9.17) is 14.1 Å². The summed E-state index contributed by atoms with van der Waals surface area (Å²) < 4.78 is 81.8. The predicted octanol–water partition coefficient (Wildman–Crippen LogP) is 5.51. The van der Waals surface area contributed by atoms with Gasteiger partial charge >= 0.3 is 6.18 Å². The van der Waals surface area contributed by atoms with E-state index in [0.717, 1.165) is 6.42 Å². The number of nitrogens with zero attached hydrogens (tertiary/aromatic N) is 3. The van der Waals surface area contributed by atoms with Crippen LogP contribution in [0.3, 0.4) is 0 Å². The van der Waals surface area contributed by atoms with Crippen molar-refractivity contribution in [2.75, 3.05) is 13.2 Å². The summed E-state index contributed by atoms with van der Waals surface area (Å²) in [5.41, 5.74) is -1.55. The van der Waals surface area contributed by atoms with Crippen LogP contribution in [-0.4, -0.2) is 56.8 Å². The monoisotopic (exact) mass is 650 g/mol. The Hall–Kier alpha value is -3.23. The number of alkyl halides is 3. The Kier molecular flexibility index (Phi) is 8.48. The molecule has 1 aromatic carbocycles. The van der Waals surface area contributed by atoms with Crippen LogP contribution in [0.4, 0.5) is 13.2 Å². The Labute approximate surface area is 256 Å². The molecule has 1 aliphatic carbocycles. The fourth-order valence-electron chi connectivity index (χ4n) is 6.45. The lowest BCUT2D eigenvalue weighted by atomic mass is 10.0. The van der Waals surface area contributed by atoms with Crippen LogP contribution in [0.25, 0.3) is 5.82 Å². The third-order valence-electron chi connectivity index (χ3n) is 8.85. The molecule has 9 nitrogen and oxygen atoms in total. The molecule has 2 aliphatic rings. The molecule has 14 heteroatoms. The summed E-state index contributed by atoms with van der Waals surface area (Å²) in [6.45, 7) is 8.47. The molecule has 0 spiro atoms. The van der Waals surface area contributed by atoms with Crippen LogP contribution in [0.15, 0.2) is 59.6 Å². The van der Waals surface area contributed by atoms with E-state index < -0.39 is 35.8 Å². The van der Waals surface area contributed by atoms with E-state index in [9.17, 15) is 26.4 Å². The number of hydrogen-bond acceptors (Lipinski definition) is 7. The van der Waals surface area contributed by atoms with Crippen molar-refractivity contribution in [1.29, 1.82) is 0 Å². The standard InChI is InChI=1S/C30H37F3N4O5SSi/c1-5-42-44(20-21(2)19-28(44,3)4)27-23(26(38)36-43(39,40)22-9-7-6-8-10-22)11-12-24(34-27)37-17-13-25(35-37)41-18-16-29(14-15-29)30(31,32)33/h6-13,17,21H,5,14-16,18-20H2,1-4H3,(H,36,38). The molecule has 44 heavy (non-hydrogen) atoms. The summed E-state index contributed by atoms with van der Waals surface area (Å²) in [7, 11) is -7.18. The number of halogens is 3. The number of carbonyl (C=O) groups excluding carboxylic acids is 1. The zero-order valence-corrected chi connectivity index (χ0v) is 27.0. The number of hydrogen-bond donors (Lipinski definition) is 1. The number of benzene rings is 1. The van der Waals surface area contributed by atoms with Gasteiger partial charge < -0.3 is 9.16 Å². The van der Waals surface area contributed by atoms with Crippen LogP contribution >= 0.6 is 0 Å². The minimum Gasteiger partial charge on any atom is -0.477 e. The van der Waals surface area contributed by atoms with E-state index in [-0.39, 0.29) is 53.2 Å². The summed E-state index contributed by atoms with van der Waals surface area (Å²) in [6.07, 6.45) is -1.77. The Morgan fingerprint density at radius 2 is 1.84 bits per heavy atom. The SMILES string of the molecule is CCO[Si]1(c2nc(-n3ccc(OCCC4(C(F)(F)F)CC4)n3)ccc2C(=O)NS(=O)(=O)c2ccccc2)CC(C)CC1(C)C. The van der Waals surface area contributed by atoms with Crippen molar-refractivity contribution >= 4 is 29.6 Å². The smallest absolute Gasteiger partial charge is 0.394 e. The molecule has 3 heterocycles. The zero-order chi connectivity index (χ0) is 32.0. The van der Waals surface area contributed by atoms with Gasteiger partial charge in [-0.1, -0.05) is 39.0 Å². The average molecular weight is 651 g/mol. The van der Waals surface area contributed by atoms with Gasteiger partial charge in [-0.3, -0.25) is 4.79 Å². The number of pyridine rings is 1. The number of ether oxygens (including phenoxy) is 1. The van der Waals surface area contributed by atoms with Gasteiger partial charge in [0.15, 0.2) is 5.82 Å². The average Bonchev–Trinajstić information content (AvgIpc) is 3.54. The molecule has 5 rings (SSSR count). The van der Waals surface area contributed by atoms with Crippen molar-refractivity contribution in [3.63, 3.8) is 0 Å². The van der Waals surface area contributed by atoms with E-state index in [1.165, 1.54) is 22.9 Å². The van der Waals surface area contributed by atoms with E-state index in [1.807, 2.05) is 6.92 Å². The fraction of sp³-hybridized carbons (Fsp3) is 0.500. The van der Waals surface area contributed by atoms with Gasteiger partial charge in [-0.15, -0.1) is 5.10 Å². The van der Waals surface area contributed by atoms with Crippen LogP contribution in [0, 0.1) is 11.3 Å².